The van der Waals surface area contributed by atoms with Crippen LogP contribution in [-0.4, -0.2) is 102 Å². The molecule has 2 aliphatic heterocycles. The van der Waals surface area contributed by atoms with E-state index in [4.69, 9.17) is 52.1 Å². The van der Waals surface area contributed by atoms with E-state index in [0.717, 1.165) is 56.7 Å². The summed E-state index contributed by atoms with van der Waals surface area (Å²) >= 11 is 13.1. The van der Waals surface area contributed by atoms with Crippen LogP contribution in [0, 0.1) is 27.7 Å². The number of aliphatic imine (C=N–C) groups is 2. The van der Waals surface area contributed by atoms with Crippen molar-refractivity contribution in [2.75, 3.05) is 20.8 Å². The number of benzene rings is 2. The van der Waals surface area contributed by atoms with Gasteiger partial charge in [0.15, 0.2) is 0 Å². The average molecular weight is 1130 g/mol. The summed E-state index contributed by atoms with van der Waals surface area (Å²) in [6, 6.07) is 18.3. The lowest BCUT2D eigenvalue weighted by molar-refractivity contribution is -0.169. The molecule has 21 heteroatoms. The molecule has 0 spiro atoms. The van der Waals surface area contributed by atoms with E-state index in [2.05, 4.69) is 33.8 Å². The largest absolute Gasteiger partial charge is 0.466 e. The highest BCUT2D eigenvalue weighted by molar-refractivity contribution is 6.32. The normalized spacial score (nSPS) is 16.3. The topological polar surface area (TPSA) is 218 Å². The van der Waals surface area contributed by atoms with E-state index < -0.39 is 47.2 Å². The zero-order valence-corrected chi connectivity index (χ0v) is 46.3. The van der Waals surface area contributed by atoms with Gasteiger partial charge in [-0.25, -0.2) is 19.6 Å². The molecule has 0 unspecified atom stereocenters. The number of pyridine rings is 2. The average Bonchev–Trinajstić information content (AvgIpc) is 4.32. The Morgan fingerprint density at radius 2 is 1.03 bits per heavy atom. The maximum Gasteiger partial charge on any atom is 0.350 e. The van der Waals surface area contributed by atoms with E-state index >= 15 is 0 Å². The molecule has 412 valence electrons. The van der Waals surface area contributed by atoms with Crippen LogP contribution in [0.1, 0.15) is 141 Å². The van der Waals surface area contributed by atoms with E-state index in [0.29, 0.717) is 78.0 Å². The molecular formula is C57H63Cl3N8O10. The SMILES string of the molecule is C.CCOC(C)=O.COC(=O)C1(OC(=O)CC[C@@H]2N=C(c3ccccn3)c3cc(Cl)c(C)cc3-n3c(C)cnc32)CC1.COC(=O)C1(OC(=O)CC[C@@H]2N=C(c3ccccn3)c3cc(Cl)c(C)cc3-n3c(C)cnc32)CC1.Cl. The number of methoxy groups -OCH3 is 2. The van der Waals surface area contributed by atoms with Crippen molar-refractivity contribution in [3.8, 4) is 11.4 Å². The molecule has 0 radical (unpaired) electrons. The number of carbonyl (C=O) groups is 5. The van der Waals surface area contributed by atoms with Crippen LogP contribution in [0.5, 0.6) is 0 Å². The second kappa shape index (κ2) is 25.5. The summed E-state index contributed by atoms with van der Waals surface area (Å²) in [4.78, 5) is 87.7. The lowest BCUT2D eigenvalue weighted by Gasteiger charge is -2.16. The van der Waals surface area contributed by atoms with Crippen LogP contribution < -0.4 is 0 Å². The van der Waals surface area contributed by atoms with Gasteiger partial charge < -0.3 is 23.7 Å². The quantitative estimate of drug-likeness (QED) is 0.0776. The molecule has 6 aromatic rings. The third-order valence-electron chi connectivity index (χ3n) is 13.2. The number of fused-ring (bicyclic) bond motifs is 6. The molecule has 0 N–H and O–H groups in total. The van der Waals surface area contributed by atoms with Gasteiger partial charge in [0.25, 0.3) is 0 Å². The number of aryl methyl sites for hydroxylation is 4. The molecule has 2 saturated carbocycles. The number of hydrogen-bond donors (Lipinski definition) is 0. The van der Waals surface area contributed by atoms with Crippen molar-refractivity contribution in [2.24, 2.45) is 9.98 Å². The Bertz CT molecular complexity index is 3050. The van der Waals surface area contributed by atoms with Crippen molar-refractivity contribution in [3.05, 3.63) is 152 Å². The molecule has 78 heavy (non-hydrogen) atoms. The first-order valence-electron chi connectivity index (χ1n) is 24.9. The molecule has 0 amide bonds. The van der Waals surface area contributed by atoms with Gasteiger partial charge in [0.1, 0.15) is 23.7 Å². The molecule has 4 aliphatic rings. The Hall–Kier alpha value is -7.28. The molecule has 6 heterocycles. The van der Waals surface area contributed by atoms with Gasteiger partial charge in [-0.15, -0.1) is 12.4 Å². The standard InChI is InChI=1S/2C26H25ClN4O4.C4H8O2.CH4.ClH/c2*1-15-12-21-17(13-18(15)27)23(19-6-4-5-11-28-19)30-20(24-29-14-16(2)31(21)24)7-8-22(32)35-26(9-10-26)25(33)34-3;1-3-6-4(2)5;;/h2*4-6,11-14,20H,7-10H2,1-3H3;3H2,1-2H3;1H4;1H/t2*20-;;;/m00.../s1. The maximum atomic E-state index is 12.7. The van der Waals surface area contributed by atoms with Crippen LogP contribution in [-0.2, 0) is 47.7 Å². The number of carbonyl (C=O) groups excluding carboxylic acids is 5. The second-order valence-electron chi connectivity index (χ2n) is 18.8. The fraction of sp³-hybridized carbons (Fsp3) is 0.386. The fourth-order valence-corrected chi connectivity index (χ4v) is 9.33. The predicted octanol–water partition coefficient (Wildman–Crippen LogP) is 10.5. The van der Waals surface area contributed by atoms with Gasteiger partial charge in [-0.3, -0.25) is 43.5 Å². The third-order valence-corrected chi connectivity index (χ3v) is 14.0. The molecule has 2 aromatic carbocycles. The minimum atomic E-state index is -1.13. The van der Waals surface area contributed by atoms with Crippen LogP contribution in [0.3, 0.4) is 0 Å². The summed E-state index contributed by atoms with van der Waals surface area (Å²) in [5.41, 5.74) is 7.76. The van der Waals surface area contributed by atoms with E-state index in [9.17, 15) is 24.0 Å². The summed E-state index contributed by atoms with van der Waals surface area (Å²) in [5.74, 6) is -0.709. The molecule has 2 fully saturated rings. The Morgan fingerprint density at radius 1 is 0.628 bits per heavy atom. The molecule has 2 atom stereocenters. The fourth-order valence-electron chi connectivity index (χ4n) is 9.00. The van der Waals surface area contributed by atoms with Crippen molar-refractivity contribution >= 4 is 76.9 Å². The monoisotopic (exact) mass is 1120 g/mol. The Morgan fingerprint density at radius 3 is 1.33 bits per heavy atom. The van der Waals surface area contributed by atoms with E-state index in [-0.39, 0.29) is 38.6 Å². The van der Waals surface area contributed by atoms with Crippen molar-refractivity contribution < 1.29 is 47.7 Å². The highest BCUT2D eigenvalue weighted by Crippen LogP contribution is 2.43. The van der Waals surface area contributed by atoms with Crippen LogP contribution >= 0.6 is 35.6 Å². The molecule has 0 saturated heterocycles. The van der Waals surface area contributed by atoms with E-state index in [1.165, 1.54) is 21.1 Å². The molecule has 4 aromatic heterocycles. The van der Waals surface area contributed by atoms with Crippen LogP contribution in [0.15, 0.2) is 95.4 Å². The summed E-state index contributed by atoms with van der Waals surface area (Å²) in [5, 5.41) is 1.26. The zero-order valence-electron chi connectivity index (χ0n) is 43.9. The van der Waals surface area contributed by atoms with E-state index in [1.807, 2.05) is 88.4 Å². The summed E-state index contributed by atoms with van der Waals surface area (Å²) in [6.45, 7) is 11.5. The number of halogens is 3. The molecule has 18 nitrogen and oxygen atoms in total. The first kappa shape index (κ1) is 60.0. The summed E-state index contributed by atoms with van der Waals surface area (Å²) in [6.07, 6.45) is 9.81. The smallest absolute Gasteiger partial charge is 0.350 e. The van der Waals surface area contributed by atoms with Gasteiger partial charge >= 0.3 is 29.8 Å². The number of esters is 5. The molecule has 0 bridgehead atoms. The predicted molar refractivity (Wildman–Crippen MR) is 296 cm³/mol. The number of ether oxygens (including phenoxy) is 5. The van der Waals surface area contributed by atoms with Gasteiger partial charge in [0.05, 0.1) is 55.0 Å². The molecule has 2 aliphatic carbocycles. The van der Waals surface area contributed by atoms with E-state index in [1.54, 1.807) is 31.7 Å². The van der Waals surface area contributed by atoms with Crippen molar-refractivity contribution in [1.29, 1.82) is 0 Å². The second-order valence-corrected chi connectivity index (χ2v) is 19.6. The first-order chi connectivity index (χ1) is 36.4. The van der Waals surface area contributed by atoms with Gasteiger partial charge in [0.2, 0.25) is 11.2 Å². The van der Waals surface area contributed by atoms with Crippen LogP contribution in [0.2, 0.25) is 10.0 Å². The van der Waals surface area contributed by atoms with Crippen LogP contribution in [0.25, 0.3) is 11.4 Å². The third kappa shape index (κ3) is 13.0. The Kier molecular flexibility index (Phi) is 19.6. The zero-order chi connectivity index (χ0) is 54.5. The van der Waals surface area contributed by atoms with Gasteiger partial charge in [-0.05, 0) is 107 Å². The number of nitrogens with zero attached hydrogens (tertiary/aromatic N) is 8. The number of hydrogen-bond acceptors (Lipinski definition) is 16. The van der Waals surface area contributed by atoms with Crippen molar-refractivity contribution in [1.82, 2.24) is 29.1 Å². The Labute approximate surface area is 469 Å². The Balaban J connectivity index is 0.000000223. The number of imidazole rings is 2. The van der Waals surface area contributed by atoms with Gasteiger partial charge in [-0.2, -0.15) is 0 Å². The highest BCUT2D eigenvalue weighted by atomic mass is 35.5. The number of rotatable bonds is 13. The molecular weight excluding hydrogens is 1060 g/mol. The molecule has 10 rings (SSSR count). The minimum absolute atomic E-state index is 0. The summed E-state index contributed by atoms with van der Waals surface area (Å²) < 4.78 is 29.1. The lowest BCUT2D eigenvalue weighted by Crippen LogP contribution is -2.30. The lowest BCUT2D eigenvalue weighted by atomic mass is 10.0. The highest BCUT2D eigenvalue weighted by Gasteiger charge is 2.56. The van der Waals surface area contributed by atoms with Crippen LogP contribution in [0.4, 0.5) is 0 Å². The maximum absolute atomic E-state index is 12.7. The summed E-state index contributed by atoms with van der Waals surface area (Å²) in [7, 11) is 2.59. The first-order valence-corrected chi connectivity index (χ1v) is 25.6. The van der Waals surface area contributed by atoms with Gasteiger partial charge in [0, 0.05) is 103 Å². The minimum Gasteiger partial charge on any atom is -0.466 e. The van der Waals surface area contributed by atoms with Crippen molar-refractivity contribution in [2.45, 2.75) is 124 Å². The van der Waals surface area contributed by atoms with Crippen molar-refractivity contribution in [3.63, 3.8) is 0 Å². The number of aromatic nitrogens is 6. The van der Waals surface area contributed by atoms with Gasteiger partial charge in [-0.1, -0.05) is 42.8 Å².